The van der Waals surface area contributed by atoms with Crippen molar-refractivity contribution < 1.29 is 10.0 Å². The topological polar surface area (TPSA) is 76.3 Å². The van der Waals surface area contributed by atoms with E-state index in [1.54, 1.807) is 6.92 Å². The van der Waals surface area contributed by atoms with Gasteiger partial charge in [0.1, 0.15) is 5.03 Å². The van der Waals surface area contributed by atoms with Crippen LogP contribution < -0.4 is 0 Å². The molecule has 1 aromatic heterocycles. The Kier molecular flexibility index (Phi) is 4.70. The van der Waals surface area contributed by atoms with E-state index in [1.807, 2.05) is 6.92 Å². The second-order valence-electron chi connectivity index (χ2n) is 3.51. The molecule has 5 nitrogen and oxygen atoms in total. The van der Waals surface area contributed by atoms with Gasteiger partial charge in [-0.2, -0.15) is 0 Å². The van der Waals surface area contributed by atoms with Crippen LogP contribution in [0, 0.1) is 17.0 Å². The Balaban J connectivity index is 2.82. The molecule has 88 valence electrons. The fraction of sp³-hybridized carbons (Fsp3) is 0.500. The highest BCUT2D eigenvalue weighted by Gasteiger charge is 2.13. The number of hydrogen-bond acceptors (Lipinski definition) is 5. The van der Waals surface area contributed by atoms with Crippen LogP contribution in [0.3, 0.4) is 0 Å². The van der Waals surface area contributed by atoms with Gasteiger partial charge in [0.05, 0.1) is 4.92 Å². The summed E-state index contributed by atoms with van der Waals surface area (Å²) < 4.78 is 0. The molecule has 0 aliphatic rings. The van der Waals surface area contributed by atoms with Gasteiger partial charge in [-0.25, -0.2) is 4.98 Å². The number of pyridine rings is 1. The van der Waals surface area contributed by atoms with Crippen molar-refractivity contribution in [1.29, 1.82) is 0 Å². The van der Waals surface area contributed by atoms with Crippen LogP contribution in [0.15, 0.2) is 17.3 Å². The van der Waals surface area contributed by atoms with E-state index in [9.17, 15) is 10.1 Å². The summed E-state index contributed by atoms with van der Waals surface area (Å²) in [6, 6.07) is 1.48. The molecule has 0 aromatic carbocycles. The molecule has 0 radical (unpaired) electrons. The molecule has 1 rings (SSSR count). The third-order valence-electron chi connectivity index (χ3n) is 2.10. The molecule has 0 fully saturated rings. The van der Waals surface area contributed by atoms with E-state index >= 15 is 0 Å². The number of nitro groups is 1. The number of thioether (sulfide) groups is 1. The number of aliphatic hydroxyl groups excluding tert-OH is 1. The van der Waals surface area contributed by atoms with Gasteiger partial charge in [0.2, 0.25) is 0 Å². The largest absolute Gasteiger partial charge is 0.396 e. The van der Waals surface area contributed by atoms with E-state index in [2.05, 4.69) is 4.98 Å². The quantitative estimate of drug-likeness (QED) is 0.486. The van der Waals surface area contributed by atoms with Gasteiger partial charge < -0.3 is 5.11 Å². The van der Waals surface area contributed by atoms with Crippen LogP contribution >= 0.6 is 11.8 Å². The lowest BCUT2D eigenvalue weighted by Gasteiger charge is -2.08. The average molecular weight is 242 g/mol. The van der Waals surface area contributed by atoms with Crippen LogP contribution in [0.5, 0.6) is 0 Å². The molecule has 0 bridgehead atoms. The van der Waals surface area contributed by atoms with Crippen molar-refractivity contribution >= 4 is 17.4 Å². The summed E-state index contributed by atoms with van der Waals surface area (Å²) in [7, 11) is 0. The maximum atomic E-state index is 10.7. The fourth-order valence-corrected chi connectivity index (χ4v) is 2.13. The molecule has 6 heteroatoms. The molecule has 0 aliphatic heterocycles. The monoisotopic (exact) mass is 242 g/mol. The lowest BCUT2D eigenvalue weighted by atomic mass is 10.3. The molecule has 1 N–H and O–H groups in total. The number of rotatable bonds is 5. The van der Waals surface area contributed by atoms with Crippen LogP contribution in [-0.4, -0.2) is 26.9 Å². The maximum absolute atomic E-state index is 10.7. The molecule has 0 spiro atoms. The van der Waals surface area contributed by atoms with Crippen molar-refractivity contribution in [3.05, 3.63) is 27.9 Å². The van der Waals surface area contributed by atoms with Crippen LogP contribution in [0.4, 0.5) is 5.69 Å². The number of aliphatic hydroxyl groups is 1. The van der Waals surface area contributed by atoms with E-state index in [1.165, 1.54) is 24.0 Å². The van der Waals surface area contributed by atoms with Gasteiger partial charge >= 0.3 is 0 Å². The van der Waals surface area contributed by atoms with Crippen LogP contribution in [-0.2, 0) is 0 Å². The molecule has 1 aromatic rings. The highest BCUT2D eigenvalue weighted by atomic mass is 32.2. The third kappa shape index (κ3) is 3.46. The van der Waals surface area contributed by atoms with Gasteiger partial charge in [-0.3, -0.25) is 10.1 Å². The lowest BCUT2D eigenvalue weighted by molar-refractivity contribution is -0.385. The van der Waals surface area contributed by atoms with E-state index in [4.69, 9.17) is 5.11 Å². The van der Waals surface area contributed by atoms with Crippen molar-refractivity contribution in [2.75, 3.05) is 6.61 Å². The fourth-order valence-electron chi connectivity index (χ4n) is 1.20. The van der Waals surface area contributed by atoms with E-state index in [-0.39, 0.29) is 17.5 Å². The molecule has 0 amide bonds. The summed E-state index contributed by atoms with van der Waals surface area (Å²) >= 11 is 1.43. The van der Waals surface area contributed by atoms with Gasteiger partial charge in [0.25, 0.3) is 5.69 Å². The highest BCUT2D eigenvalue weighted by molar-refractivity contribution is 7.99. The Morgan fingerprint density at radius 2 is 2.38 bits per heavy atom. The SMILES string of the molecule is Cc1cnc(SC(C)CCO)cc1[N+](=O)[O-]. The van der Waals surface area contributed by atoms with Crippen molar-refractivity contribution in [1.82, 2.24) is 4.98 Å². The van der Waals surface area contributed by atoms with Crippen molar-refractivity contribution in [2.24, 2.45) is 0 Å². The molecule has 0 aliphatic carbocycles. The molecule has 1 atom stereocenters. The van der Waals surface area contributed by atoms with Gasteiger partial charge in [0, 0.05) is 29.7 Å². The first-order valence-corrected chi connectivity index (χ1v) is 5.81. The van der Waals surface area contributed by atoms with Crippen LogP contribution in [0.2, 0.25) is 0 Å². The summed E-state index contributed by atoms with van der Waals surface area (Å²) in [6.45, 7) is 3.73. The summed E-state index contributed by atoms with van der Waals surface area (Å²) in [5, 5.41) is 20.3. The Morgan fingerprint density at radius 3 is 2.94 bits per heavy atom. The molecule has 0 saturated heterocycles. The molecule has 1 unspecified atom stereocenters. The maximum Gasteiger partial charge on any atom is 0.276 e. The molecular weight excluding hydrogens is 228 g/mol. The lowest BCUT2D eigenvalue weighted by Crippen LogP contribution is -2.01. The standard InChI is InChI=1S/C10H14N2O3S/c1-7-6-11-10(5-9(7)12(14)15)16-8(2)3-4-13/h5-6,8,13H,3-4H2,1-2H3. The molecular formula is C10H14N2O3S. The van der Waals surface area contributed by atoms with Crippen molar-refractivity contribution in [3.63, 3.8) is 0 Å². The first-order chi connectivity index (χ1) is 7.54. The Morgan fingerprint density at radius 1 is 1.69 bits per heavy atom. The zero-order valence-corrected chi connectivity index (χ0v) is 10.0. The minimum Gasteiger partial charge on any atom is -0.396 e. The van der Waals surface area contributed by atoms with E-state index in [0.717, 1.165) is 0 Å². The third-order valence-corrected chi connectivity index (χ3v) is 3.21. The first kappa shape index (κ1) is 12.9. The van der Waals surface area contributed by atoms with E-state index < -0.39 is 4.92 Å². The van der Waals surface area contributed by atoms with Crippen LogP contribution in [0.1, 0.15) is 18.9 Å². The average Bonchev–Trinajstić information content (AvgIpc) is 2.21. The number of aryl methyl sites for hydroxylation is 1. The first-order valence-electron chi connectivity index (χ1n) is 4.93. The Bertz CT molecular complexity index is 384. The normalized spacial score (nSPS) is 12.4. The second-order valence-corrected chi connectivity index (χ2v) is 4.97. The minimum absolute atomic E-state index is 0.0914. The smallest absolute Gasteiger partial charge is 0.276 e. The predicted molar refractivity (Wildman–Crippen MR) is 62.7 cm³/mol. The number of nitrogens with zero attached hydrogens (tertiary/aromatic N) is 2. The van der Waals surface area contributed by atoms with Crippen LogP contribution in [0.25, 0.3) is 0 Å². The Labute approximate surface area is 98.0 Å². The Hall–Kier alpha value is -1.14. The molecule has 16 heavy (non-hydrogen) atoms. The minimum atomic E-state index is -0.405. The highest BCUT2D eigenvalue weighted by Crippen LogP contribution is 2.27. The van der Waals surface area contributed by atoms with Gasteiger partial charge in [-0.1, -0.05) is 6.92 Å². The van der Waals surface area contributed by atoms with E-state index in [0.29, 0.717) is 17.0 Å². The second kappa shape index (κ2) is 5.81. The number of hydrogen-bond donors (Lipinski definition) is 1. The van der Waals surface area contributed by atoms with Gasteiger partial charge in [0.15, 0.2) is 0 Å². The predicted octanol–water partition coefficient (Wildman–Crippen LogP) is 2.16. The summed E-state index contributed by atoms with van der Waals surface area (Å²) in [5.74, 6) is 0. The van der Waals surface area contributed by atoms with Crippen molar-refractivity contribution in [3.8, 4) is 0 Å². The zero-order chi connectivity index (χ0) is 12.1. The summed E-state index contributed by atoms with van der Waals surface area (Å²) in [5.41, 5.74) is 0.651. The molecule has 1 heterocycles. The van der Waals surface area contributed by atoms with Crippen molar-refractivity contribution in [2.45, 2.75) is 30.5 Å². The van der Waals surface area contributed by atoms with Gasteiger partial charge in [-0.15, -0.1) is 11.8 Å². The summed E-state index contributed by atoms with van der Waals surface area (Å²) in [6.07, 6.45) is 2.15. The van der Waals surface area contributed by atoms with Gasteiger partial charge in [-0.05, 0) is 13.3 Å². The summed E-state index contributed by atoms with van der Waals surface area (Å²) in [4.78, 5) is 14.4. The zero-order valence-electron chi connectivity index (χ0n) is 9.21. The molecule has 0 saturated carbocycles. The number of aromatic nitrogens is 1.